The molecule has 1 aliphatic heterocycles. The third-order valence-electron chi connectivity index (χ3n) is 16.9. The lowest BCUT2D eigenvalue weighted by atomic mass is 9.94. The lowest BCUT2D eigenvalue weighted by molar-refractivity contribution is -0.119. The summed E-state index contributed by atoms with van der Waals surface area (Å²) in [5, 5.41) is 9.91. The van der Waals surface area contributed by atoms with Crippen molar-refractivity contribution in [1.82, 2.24) is 14.4 Å². The van der Waals surface area contributed by atoms with E-state index in [1.807, 2.05) is 92.0 Å². The third-order valence-corrected chi connectivity index (χ3v) is 20.5. The molecule has 3 saturated carbocycles. The fourth-order valence-corrected chi connectivity index (χ4v) is 12.7. The van der Waals surface area contributed by atoms with Crippen LogP contribution in [0.4, 0.5) is 25.8 Å². The number of aromatic nitrogens is 1. The van der Waals surface area contributed by atoms with Gasteiger partial charge in [0.15, 0.2) is 23.1 Å². The molecule has 474 valence electrons. The van der Waals surface area contributed by atoms with Gasteiger partial charge in [-0.2, -0.15) is 0 Å². The maximum Gasteiger partial charge on any atom is 0.240 e. The van der Waals surface area contributed by atoms with Gasteiger partial charge in [0.25, 0.3) is 0 Å². The summed E-state index contributed by atoms with van der Waals surface area (Å²) in [6.45, 7) is 4.27. The van der Waals surface area contributed by atoms with Gasteiger partial charge < -0.3 is 25.4 Å². The Balaban J connectivity index is 0.000000197. The number of pyridine rings is 1. The number of nitrogens with zero attached hydrogens (tertiary/aromatic N) is 1. The van der Waals surface area contributed by atoms with Crippen LogP contribution in [0.2, 0.25) is 10.0 Å². The Morgan fingerprint density at radius 1 is 0.473 bits per heavy atom. The largest absolute Gasteiger partial charge is 0.454 e. The minimum absolute atomic E-state index is 0. The van der Waals surface area contributed by atoms with Gasteiger partial charge in [-0.15, -0.1) is 0 Å². The van der Waals surface area contributed by atoms with Crippen molar-refractivity contribution in [3.05, 3.63) is 238 Å². The van der Waals surface area contributed by atoms with Crippen LogP contribution >= 0.6 is 23.2 Å². The van der Waals surface area contributed by atoms with E-state index >= 15 is 0 Å². The summed E-state index contributed by atoms with van der Waals surface area (Å²) in [7, 11) is -4.28. The van der Waals surface area contributed by atoms with Crippen molar-refractivity contribution in [2.24, 2.45) is 0 Å². The summed E-state index contributed by atoms with van der Waals surface area (Å²) in [6.07, 6.45) is 6.15. The highest BCUT2D eigenvalue weighted by atomic mass is 35.5. The molecule has 15 nitrogen and oxygen atoms in total. The van der Waals surface area contributed by atoms with Gasteiger partial charge in [-0.25, -0.2) is 35.1 Å². The topological polar surface area (TPSA) is 211 Å². The maximum atomic E-state index is 13.6. The standard InChI is InChI=1S/C24H22N2O3.C23H20Cl2N2O3S.C23H20F2N2O3S.4H2/c1-15-3-7-19(12-20(15)17-5-4-16(2)25-13-17)26-23(27)24(9-10-24)18-6-8-21-22(11-18)29-14-28-21;2*1-26-31(29,30)19-8-5-15(6-9-19)16-3-2-4-18(13-16)27-22(28)23(11-12-23)17-7-10-20(24)21(25)14-17;;;;/h3-8,11-13H,9-10,14H2,1-2H3,(H,26,27);2*2-10,13-14,26H,11-12H2,1H3,(H,27,28);4*1H. The zero-order chi connectivity index (χ0) is 64.5. The van der Waals surface area contributed by atoms with E-state index < -0.39 is 47.9 Å². The molecule has 1 aromatic heterocycles. The molecular formula is C70H70Cl2F2N6O9S2. The first-order chi connectivity index (χ1) is 43.5. The molecule has 21 heteroatoms. The summed E-state index contributed by atoms with van der Waals surface area (Å²) in [4.78, 5) is 43.9. The molecule has 4 aliphatic rings. The SMILES string of the molecule is CNS(=O)(=O)c1ccc(-c2cccc(NC(=O)C3(c4ccc(Cl)c(Cl)c4)CC3)c2)cc1.CNS(=O)(=O)c1ccc(-c2cccc(NC(=O)C3(c4ccc(F)c(F)c4)CC3)c2)cc1.Cc1ccc(-c2cc(NC(=O)C3(c4ccc5c(c4)OCO5)CC3)ccc2C)cn1.[HH].[HH].[HH].[HH]. The molecule has 0 spiro atoms. The smallest absolute Gasteiger partial charge is 0.240 e. The number of carbonyl (C=O) groups is 3. The number of fused-ring (bicyclic) bond motifs is 1. The number of benzene rings is 8. The van der Waals surface area contributed by atoms with Gasteiger partial charge in [0.2, 0.25) is 44.6 Å². The Morgan fingerprint density at radius 3 is 1.41 bits per heavy atom. The number of rotatable bonds is 16. The molecule has 3 fully saturated rings. The van der Waals surface area contributed by atoms with E-state index in [4.69, 9.17) is 32.7 Å². The Morgan fingerprint density at radius 2 is 0.934 bits per heavy atom. The Hall–Kier alpha value is -8.82. The monoisotopic (exact) mass is 1310 g/mol. The van der Waals surface area contributed by atoms with Crippen LogP contribution in [0, 0.1) is 25.5 Å². The normalized spacial score (nSPS) is 15.1. The number of carbonyl (C=O) groups excluding carboxylic acids is 3. The summed E-state index contributed by atoms with van der Waals surface area (Å²) in [5.74, 6) is -0.799. The van der Waals surface area contributed by atoms with Gasteiger partial charge in [-0.05, 0) is 220 Å². The fourth-order valence-electron chi connectivity index (χ4n) is 10.9. The van der Waals surface area contributed by atoms with E-state index in [-0.39, 0.29) is 40.0 Å². The first kappa shape index (κ1) is 63.7. The first-order valence-corrected chi connectivity index (χ1v) is 32.8. The number of anilines is 3. The molecule has 9 aromatic rings. The number of hydrogen-bond acceptors (Lipinski definition) is 10. The summed E-state index contributed by atoms with van der Waals surface area (Å²) in [5.41, 5.74) is 9.92. The van der Waals surface area contributed by atoms with Gasteiger partial charge in [0.05, 0.1) is 36.1 Å². The van der Waals surface area contributed by atoms with Crippen LogP contribution in [0.5, 0.6) is 11.5 Å². The lowest BCUT2D eigenvalue weighted by Crippen LogP contribution is -2.28. The molecular weight excluding hydrogens is 1240 g/mol. The average molecular weight is 1310 g/mol. The second kappa shape index (κ2) is 25.8. The third kappa shape index (κ3) is 13.8. The number of hydrogen-bond donors (Lipinski definition) is 5. The fraction of sp³-hybridized carbons (Fsp3) is 0.200. The molecule has 3 amide bonds. The van der Waals surface area contributed by atoms with E-state index in [9.17, 15) is 40.0 Å². The van der Waals surface area contributed by atoms with Crippen LogP contribution in [0.1, 0.15) is 72.2 Å². The second-order valence-corrected chi connectivity index (χ2v) is 27.4. The van der Waals surface area contributed by atoms with E-state index in [0.717, 1.165) is 105 Å². The zero-order valence-electron chi connectivity index (χ0n) is 49.8. The van der Waals surface area contributed by atoms with E-state index in [1.54, 1.807) is 66.7 Å². The minimum Gasteiger partial charge on any atom is -0.454 e. The molecule has 91 heavy (non-hydrogen) atoms. The number of sulfonamides is 2. The molecule has 2 heterocycles. The number of ether oxygens (including phenoxy) is 2. The molecule has 0 radical (unpaired) electrons. The van der Waals surface area contributed by atoms with Crippen LogP contribution in [-0.2, 0) is 50.7 Å². The van der Waals surface area contributed by atoms with E-state index in [1.165, 1.54) is 32.3 Å². The van der Waals surface area contributed by atoms with Gasteiger partial charge >= 0.3 is 0 Å². The highest BCUT2D eigenvalue weighted by molar-refractivity contribution is 7.89. The van der Waals surface area contributed by atoms with Crippen LogP contribution in [0.3, 0.4) is 0 Å². The van der Waals surface area contributed by atoms with E-state index in [2.05, 4.69) is 43.4 Å². The van der Waals surface area contributed by atoms with Crippen LogP contribution in [-0.4, -0.2) is 60.4 Å². The molecule has 8 aromatic carbocycles. The summed E-state index contributed by atoms with van der Waals surface area (Å²) in [6, 6.07) is 52.3. The predicted molar refractivity (Wildman–Crippen MR) is 358 cm³/mol. The number of halogens is 4. The highest BCUT2D eigenvalue weighted by Crippen LogP contribution is 2.53. The molecule has 3 aliphatic carbocycles. The Kier molecular flexibility index (Phi) is 18.1. The van der Waals surface area contributed by atoms with E-state index in [0.29, 0.717) is 45.6 Å². The Labute approximate surface area is 542 Å². The number of amides is 3. The van der Waals surface area contributed by atoms with Crippen molar-refractivity contribution in [2.75, 3.05) is 36.8 Å². The van der Waals surface area contributed by atoms with Gasteiger partial charge in [0, 0.05) is 40.2 Å². The van der Waals surface area contributed by atoms with Crippen molar-refractivity contribution in [2.45, 2.75) is 78.4 Å². The van der Waals surface area contributed by atoms with Crippen LogP contribution < -0.4 is 34.9 Å². The predicted octanol–water partition coefficient (Wildman–Crippen LogP) is 15.2. The number of nitrogens with one attached hydrogen (secondary N) is 5. The molecule has 5 N–H and O–H groups in total. The molecule has 0 unspecified atom stereocenters. The quantitative estimate of drug-likeness (QED) is 0.0618. The highest BCUT2D eigenvalue weighted by Gasteiger charge is 2.53. The van der Waals surface area contributed by atoms with Crippen molar-refractivity contribution < 1.29 is 55.2 Å². The van der Waals surface area contributed by atoms with Gasteiger partial charge in [-0.1, -0.05) is 102 Å². The van der Waals surface area contributed by atoms with Crippen molar-refractivity contribution in [1.29, 1.82) is 0 Å². The van der Waals surface area contributed by atoms with Crippen molar-refractivity contribution in [3.8, 4) is 44.9 Å². The average Bonchev–Trinajstić information content (AvgIpc) is 1.61. The van der Waals surface area contributed by atoms with Crippen LogP contribution in [0.25, 0.3) is 33.4 Å². The maximum absolute atomic E-state index is 13.6. The van der Waals surface area contributed by atoms with Crippen LogP contribution in [0.15, 0.2) is 198 Å². The molecule has 0 atom stereocenters. The van der Waals surface area contributed by atoms with Gasteiger partial charge in [0.1, 0.15) is 0 Å². The van der Waals surface area contributed by atoms with Crippen molar-refractivity contribution in [3.63, 3.8) is 0 Å². The summed E-state index contributed by atoms with van der Waals surface area (Å²) >= 11 is 12.2. The first-order valence-electron chi connectivity index (χ1n) is 29.1. The molecule has 0 saturated heterocycles. The summed E-state index contributed by atoms with van der Waals surface area (Å²) < 4.78 is 89.9. The van der Waals surface area contributed by atoms with Crippen molar-refractivity contribution >= 4 is 78.0 Å². The zero-order valence-corrected chi connectivity index (χ0v) is 52.9. The minimum atomic E-state index is -3.52. The lowest BCUT2D eigenvalue weighted by Gasteiger charge is -2.17. The molecule has 13 rings (SSSR count). The van der Waals surface area contributed by atoms with Gasteiger partial charge in [-0.3, -0.25) is 19.4 Å². The Bertz CT molecular complexity index is 4350. The molecule has 0 bridgehead atoms. The number of aryl methyl sites for hydroxylation is 2. The second-order valence-electron chi connectivity index (χ2n) is 22.8.